The molecule has 4 rings (SSSR count). The molecule has 172 valence electrons. The Morgan fingerprint density at radius 1 is 1.06 bits per heavy atom. The van der Waals surface area contributed by atoms with Crippen molar-refractivity contribution in [3.8, 4) is 11.6 Å². The van der Waals surface area contributed by atoms with Crippen molar-refractivity contribution < 1.29 is 14.3 Å². The Hall–Kier alpha value is -3.34. The van der Waals surface area contributed by atoms with Crippen LogP contribution in [0.3, 0.4) is 0 Å². The minimum atomic E-state index is -0.292. The van der Waals surface area contributed by atoms with Crippen LogP contribution in [-0.2, 0) is 17.8 Å². The first-order valence-corrected chi connectivity index (χ1v) is 11.6. The molecule has 33 heavy (non-hydrogen) atoms. The van der Waals surface area contributed by atoms with Crippen molar-refractivity contribution >= 4 is 11.6 Å². The zero-order valence-corrected chi connectivity index (χ0v) is 19.9. The second-order valence-corrected chi connectivity index (χ2v) is 8.86. The van der Waals surface area contributed by atoms with Gasteiger partial charge in [0.2, 0.25) is 11.8 Å². The molecule has 1 aromatic heterocycles. The number of aryl methyl sites for hydroxylation is 1. The van der Waals surface area contributed by atoms with E-state index in [4.69, 9.17) is 14.5 Å². The van der Waals surface area contributed by atoms with Crippen molar-refractivity contribution in [2.45, 2.75) is 51.5 Å². The first-order valence-electron chi connectivity index (χ1n) is 11.6. The molecule has 0 radical (unpaired) electrons. The number of benzene rings is 2. The van der Waals surface area contributed by atoms with Gasteiger partial charge >= 0.3 is 0 Å². The summed E-state index contributed by atoms with van der Waals surface area (Å²) in [7, 11) is 3.27. The van der Waals surface area contributed by atoms with Gasteiger partial charge in [0.1, 0.15) is 5.75 Å². The standard InChI is InChI=1S/C28H32N2O3/c1-19(2)21-11-14-23(15-12-21)30(18-20-7-5-9-24(17-20)32-3)28(31)25-10-6-8-22-13-16-26(33-4)29-27(22)25/h5,7,9,11-17,19,25H,6,8,10,18H2,1-4H3. The second-order valence-electron chi connectivity index (χ2n) is 8.86. The van der Waals surface area contributed by atoms with E-state index in [0.717, 1.165) is 47.5 Å². The molecule has 0 bridgehead atoms. The molecule has 0 spiro atoms. The first kappa shape index (κ1) is 22.8. The maximum atomic E-state index is 14.1. The topological polar surface area (TPSA) is 51.7 Å². The summed E-state index contributed by atoms with van der Waals surface area (Å²) in [5.74, 6) is 1.54. The van der Waals surface area contributed by atoms with E-state index in [2.05, 4.69) is 38.1 Å². The molecular formula is C28H32N2O3. The molecule has 1 amide bonds. The third kappa shape index (κ3) is 5.03. The molecule has 0 saturated carbocycles. The third-order valence-electron chi connectivity index (χ3n) is 6.38. The fourth-order valence-electron chi connectivity index (χ4n) is 4.46. The number of hydrogen-bond acceptors (Lipinski definition) is 4. The Labute approximate surface area is 196 Å². The highest BCUT2D eigenvalue weighted by atomic mass is 16.5. The van der Waals surface area contributed by atoms with Crippen LogP contribution >= 0.6 is 0 Å². The van der Waals surface area contributed by atoms with Crippen molar-refractivity contribution in [3.63, 3.8) is 0 Å². The van der Waals surface area contributed by atoms with Gasteiger partial charge in [-0.25, -0.2) is 4.98 Å². The highest BCUT2D eigenvalue weighted by Crippen LogP contribution is 2.35. The van der Waals surface area contributed by atoms with Crippen LogP contribution in [0.2, 0.25) is 0 Å². The summed E-state index contributed by atoms with van der Waals surface area (Å²) in [5, 5.41) is 0. The molecule has 0 saturated heterocycles. The molecule has 1 aliphatic carbocycles. The average molecular weight is 445 g/mol. The Kier molecular flexibility index (Phi) is 6.97. The number of carbonyl (C=O) groups is 1. The predicted octanol–water partition coefficient (Wildman–Crippen LogP) is 5.88. The number of pyridine rings is 1. The maximum absolute atomic E-state index is 14.1. The highest BCUT2D eigenvalue weighted by Gasteiger charge is 2.32. The van der Waals surface area contributed by atoms with Crippen LogP contribution in [-0.4, -0.2) is 25.1 Å². The Morgan fingerprint density at radius 3 is 2.55 bits per heavy atom. The summed E-state index contributed by atoms with van der Waals surface area (Å²) < 4.78 is 10.8. The lowest BCUT2D eigenvalue weighted by molar-refractivity contribution is -0.120. The molecule has 5 heteroatoms. The van der Waals surface area contributed by atoms with Crippen LogP contribution in [0.25, 0.3) is 0 Å². The molecule has 5 nitrogen and oxygen atoms in total. The van der Waals surface area contributed by atoms with Gasteiger partial charge in [-0.2, -0.15) is 0 Å². The lowest BCUT2D eigenvalue weighted by Gasteiger charge is -2.31. The number of methoxy groups -OCH3 is 2. The summed E-state index contributed by atoms with van der Waals surface area (Å²) in [6.07, 6.45) is 2.69. The number of rotatable bonds is 7. The zero-order valence-electron chi connectivity index (χ0n) is 19.9. The van der Waals surface area contributed by atoms with Crippen LogP contribution in [0.4, 0.5) is 5.69 Å². The number of anilines is 1. The van der Waals surface area contributed by atoms with Crippen LogP contribution < -0.4 is 14.4 Å². The lowest BCUT2D eigenvalue weighted by Crippen LogP contribution is -2.36. The predicted molar refractivity (Wildman–Crippen MR) is 131 cm³/mol. The van der Waals surface area contributed by atoms with Gasteiger partial charge in [-0.1, -0.05) is 44.2 Å². The van der Waals surface area contributed by atoms with E-state index < -0.39 is 0 Å². The minimum Gasteiger partial charge on any atom is -0.497 e. The molecule has 0 N–H and O–H groups in total. The van der Waals surface area contributed by atoms with Crippen molar-refractivity contribution in [1.29, 1.82) is 0 Å². The molecular weight excluding hydrogens is 412 g/mol. The van der Waals surface area contributed by atoms with E-state index in [-0.39, 0.29) is 11.8 Å². The highest BCUT2D eigenvalue weighted by molar-refractivity contribution is 5.98. The summed E-state index contributed by atoms with van der Waals surface area (Å²) in [5.41, 5.74) is 5.14. The van der Waals surface area contributed by atoms with Crippen molar-refractivity contribution in [2.24, 2.45) is 0 Å². The number of nitrogens with zero attached hydrogens (tertiary/aromatic N) is 2. The molecule has 2 aromatic carbocycles. The maximum Gasteiger partial charge on any atom is 0.236 e. The molecule has 0 fully saturated rings. The fourth-order valence-corrected chi connectivity index (χ4v) is 4.46. The SMILES string of the molecule is COc1cccc(CN(C(=O)C2CCCc3ccc(OC)nc32)c2ccc(C(C)C)cc2)c1. The number of fused-ring (bicyclic) bond motifs is 1. The normalized spacial score (nSPS) is 15.1. The second kappa shape index (κ2) is 10.1. The smallest absolute Gasteiger partial charge is 0.236 e. The Morgan fingerprint density at radius 2 is 1.85 bits per heavy atom. The van der Waals surface area contributed by atoms with E-state index in [1.165, 1.54) is 5.56 Å². The number of aromatic nitrogens is 1. The van der Waals surface area contributed by atoms with E-state index in [0.29, 0.717) is 18.3 Å². The Bertz CT molecular complexity index is 1110. The number of hydrogen-bond donors (Lipinski definition) is 0. The van der Waals surface area contributed by atoms with Crippen LogP contribution in [0.1, 0.15) is 60.9 Å². The van der Waals surface area contributed by atoms with Gasteiger partial charge in [-0.05, 0) is 66.1 Å². The first-order chi connectivity index (χ1) is 16.0. The molecule has 1 heterocycles. The number of carbonyl (C=O) groups excluding carboxylic acids is 1. The molecule has 1 aliphatic rings. The van der Waals surface area contributed by atoms with Crippen molar-refractivity contribution in [2.75, 3.05) is 19.1 Å². The molecule has 3 aromatic rings. The quantitative estimate of drug-likeness (QED) is 0.457. The van der Waals surface area contributed by atoms with Gasteiger partial charge in [0.25, 0.3) is 0 Å². The molecule has 0 aliphatic heterocycles. The zero-order chi connectivity index (χ0) is 23.4. The molecule has 1 unspecified atom stereocenters. The van der Waals surface area contributed by atoms with Crippen LogP contribution in [0.15, 0.2) is 60.7 Å². The van der Waals surface area contributed by atoms with Gasteiger partial charge in [-0.3, -0.25) is 4.79 Å². The van der Waals surface area contributed by atoms with Crippen molar-refractivity contribution in [1.82, 2.24) is 4.98 Å². The van der Waals surface area contributed by atoms with E-state index in [1.807, 2.05) is 41.3 Å². The average Bonchev–Trinajstić information content (AvgIpc) is 2.86. The van der Waals surface area contributed by atoms with E-state index in [9.17, 15) is 4.79 Å². The van der Waals surface area contributed by atoms with Gasteiger partial charge in [0.15, 0.2) is 0 Å². The van der Waals surface area contributed by atoms with Gasteiger partial charge < -0.3 is 14.4 Å². The van der Waals surface area contributed by atoms with Crippen LogP contribution in [0.5, 0.6) is 11.6 Å². The van der Waals surface area contributed by atoms with Crippen molar-refractivity contribution in [3.05, 3.63) is 83.0 Å². The minimum absolute atomic E-state index is 0.0665. The van der Waals surface area contributed by atoms with Crippen LogP contribution in [0, 0.1) is 0 Å². The number of amides is 1. The van der Waals surface area contributed by atoms with Gasteiger partial charge in [-0.15, -0.1) is 0 Å². The Balaban J connectivity index is 1.72. The summed E-state index contributed by atoms with van der Waals surface area (Å²) in [6, 6.07) is 20.1. The largest absolute Gasteiger partial charge is 0.497 e. The summed E-state index contributed by atoms with van der Waals surface area (Å²) in [6.45, 7) is 4.81. The number of ether oxygens (including phenoxy) is 2. The van der Waals surface area contributed by atoms with E-state index in [1.54, 1.807) is 14.2 Å². The lowest BCUT2D eigenvalue weighted by atomic mass is 9.85. The van der Waals surface area contributed by atoms with Gasteiger partial charge in [0.05, 0.1) is 32.4 Å². The molecule has 1 atom stereocenters. The summed E-state index contributed by atoms with van der Waals surface area (Å²) >= 11 is 0. The monoisotopic (exact) mass is 444 g/mol. The third-order valence-corrected chi connectivity index (χ3v) is 6.38. The fraction of sp³-hybridized carbons (Fsp3) is 0.357. The summed E-state index contributed by atoms with van der Waals surface area (Å²) in [4.78, 5) is 20.6. The van der Waals surface area contributed by atoms with E-state index >= 15 is 0 Å². The van der Waals surface area contributed by atoms with Gasteiger partial charge in [0, 0.05) is 11.8 Å².